The first-order chi connectivity index (χ1) is 17.7. The van der Waals surface area contributed by atoms with Crippen LogP contribution in [0.4, 0.5) is 13.6 Å². The van der Waals surface area contributed by atoms with Gasteiger partial charge in [-0.25, -0.2) is 13.6 Å². The van der Waals surface area contributed by atoms with Crippen molar-refractivity contribution in [3.63, 3.8) is 0 Å². The zero-order valence-corrected chi connectivity index (χ0v) is 22.0. The number of halogens is 2. The highest BCUT2D eigenvalue weighted by molar-refractivity contribution is 6.43. The van der Waals surface area contributed by atoms with Crippen LogP contribution >= 0.6 is 0 Å². The number of nitrogens with zero attached hydrogens (tertiary/aromatic N) is 3. The van der Waals surface area contributed by atoms with Crippen LogP contribution in [-0.2, 0) is 16.0 Å². The molecular formula is C26H35BF2N4O5. The molecule has 0 aliphatic carbocycles. The molecule has 2 saturated heterocycles. The molecule has 2 aliphatic heterocycles. The molecule has 38 heavy (non-hydrogen) atoms. The molecule has 0 aromatic heterocycles. The number of alkyl carbamates (subject to hydrolysis) is 1. The fraction of sp³-hybridized carbons (Fsp3) is 0.577. The first-order valence-corrected chi connectivity index (χ1v) is 12.7. The van der Waals surface area contributed by atoms with E-state index in [9.17, 15) is 33.7 Å². The summed E-state index contributed by atoms with van der Waals surface area (Å²) in [5, 5.41) is 31.7. The van der Waals surface area contributed by atoms with Gasteiger partial charge in [0.15, 0.2) is 0 Å². The number of hydrogen-bond donors (Lipinski definition) is 3. The molecule has 2 atom stereocenters. The third-order valence-corrected chi connectivity index (χ3v) is 7.08. The Hall–Kier alpha value is -3.01. The van der Waals surface area contributed by atoms with E-state index >= 15 is 0 Å². The van der Waals surface area contributed by atoms with E-state index in [2.05, 4.69) is 5.32 Å². The number of rotatable bonds is 8. The number of likely N-dealkylation sites (tertiary alicyclic amines) is 2. The maximum atomic E-state index is 13.7. The molecule has 9 nitrogen and oxygen atoms in total. The molecule has 0 bridgehead atoms. The zero-order valence-electron chi connectivity index (χ0n) is 22.0. The molecule has 1 aromatic rings. The van der Waals surface area contributed by atoms with Gasteiger partial charge in [-0.3, -0.25) is 9.69 Å². The number of carbonyl (C=O) groups is 2. The monoisotopic (exact) mass is 532 g/mol. The summed E-state index contributed by atoms with van der Waals surface area (Å²) < 4.78 is 33.1. The van der Waals surface area contributed by atoms with Crippen molar-refractivity contribution in [2.24, 2.45) is 0 Å². The van der Waals surface area contributed by atoms with Crippen LogP contribution < -0.4 is 5.32 Å². The van der Waals surface area contributed by atoms with Gasteiger partial charge in [-0.15, -0.1) is 0 Å². The van der Waals surface area contributed by atoms with Crippen molar-refractivity contribution in [1.82, 2.24) is 15.1 Å². The SMILES string of the molecule is CC(C)(C=C(C#N)C(=O)N1CCC[C@](C)(OC(=O)NC(Cc2ccccc2)B(O)O)C1)N1CCC(F)(F)C1. The molecule has 0 spiro atoms. The van der Waals surface area contributed by atoms with Crippen LogP contribution in [-0.4, -0.2) is 88.1 Å². The van der Waals surface area contributed by atoms with Crippen molar-refractivity contribution in [2.45, 2.75) is 69.5 Å². The molecule has 0 saturated carbocycles. The third kappa shape index (κ3) is 7.76. The molecular weight excluding hydrogens is 497 g/mol. The molecule has 12 heteroatoms. The molecule has 2 amide bonds. The zero-order chi connectivity index (χ0) is 28.1. The van der Waals surface area contributed by atoms with Gasteiger partial charge >= 0.3 is 13.2 Å². The summed E-state index contributed by atoms with van der Waals surface area (Å²) in [7, 11) is -1.82. The predicted molar refractivity (Wildman–Crippen MR) is 137 cm³/mol. The Balaban J connectivity index is 1.65. The number of amides is 2. The molecule has 1 unspecified atom stereocenters. The Labute approximate surface area is 222 Å². The van der Waals surface area contributed by atoms with E-state index in [0.29, 0.717) is 19.4 Å². The number of nitrogens with one attached hydrogen (secondary N) is 1. The number of ether oxygens (including phenoxy) is 1. The van der Waals surface area contributed by atoms with E-state index in [1.54, 1.807) is 49.9 Å². The Bertz CT molecular complexity index is 1080. The quantitative estimate of drug-likeness (QED) is 0.267. The van der Waals surface area contributed by atoms with Crippen molar-refractivity contribution in [1.29, 1.82) is 5.26 Å². The van der Waals surface area contributed by atoms with Crippen LogP contribution in [0.3, 0.4) is 0 Å². The average molecular weight is 532 g/mol. The molecule has 3 rings (SSSR count). The van der Waals surface area contributed by atoms with E-state index in [1.165, 1.54) is 11.0 Å². The summed E-state index contributed by atoms with van der Waals surface area (Å²) >= 11 is 0. The van der Waals surface area contributed by atoms with Crippen molar-refractivity contribution in [3.05, 3.63) is 47.5 Å². The normalized spacial score (nSPS) is 22.9. The Morgan fingerprint density at radius 2 is 1.92 bits per heavy atom. The number of alkyl halides is 2. The third-order valence-electron chi connectivity index (χ3n) is 7.08. The summed E-state index contributed by atoms with van der Waals surface area (Å²) in [6.07, 6.45) is 1.42. The van der Waals surface area contributed by atoms with E-state index in [1.807, 2.05) is 12.1 Å². The van der Waals surface area contributed by atoms with Gasteiger partial charge in [0.1, 0.15) is 17.2 Å². The number of piperidine rings is 1. The predicted octanol–water partition coefficient (Wildman–Crippen LogP) is 2.29. The van der Waals surface area contributed by atoms with E-state index in [0.717, 1.165) is 5.56 Å². The van der Waals surface area contributed by atoms with Gasteiger partial charge in [-0.1, -0.05) is 30.3 Å². The number of nitriles is 1. The topological polar surface area (TPSA) is 126 Å². The molecule has 2 fully saturated rings. The second-order valence-corrected chi connectivity index (χ2v) is 10.9. The lowest BCUT2D eigenvalue weighted by Crippen LogP contribution is -2.54. The number of benzene rings is 1. The molecule has 2 heterocycles. The summed E-state index contributed by atoms with van der Waals surface area (Å²) in [4.78, 5) is 28.9. The molecule has 206 valence electrons. The Morgan fingerprint density at radius 3 is 2.50 bits per heavy atom. The Morgan fingerprint density at radius 1 is 1.24 bits per heavy atom. The smallest absolute Gasteiger partial charge is 0.441 e. The summed E-state index contributed by atoms with van der Waals surface area (Å²) in [6, 6.07) is 10.9. The van der Waals surface area contributed by atoms with Gasteiger partial charge in [-0.05, 0) is 51.7 Å². The van der Waals surface area contributed by atoms with Gasteiger partial charge in [0, 0.05) is 25.0 Å². The number of hydrogen-bond acceptors (Lipinski definition) is 7. The van der Waals surface area contributed by atoms with Crippen LogP contribution in [0.1, 0.15) is 45.6 Å². The largest absolute Gasteiger partial charge is 0.475 e. The minimum absolute atomic E-state index is 0.0194. The number of carbonyl (C=O) groups excluding carboxylic acids is 2. The molecule has 1 aromatic carbocycles. The fourth-order valence-corrected chi connectivity index (χ4v) is 4.95. The van der Waals surface area contributed by atoms with Crippen LogP contribution in [0.15, 0.2) is 42.0 Å². The first-order valence-electron chi connectivity index (χ1n) is 12.7. The van der Waals surface area contributed by atoms with Gasteiger partial charge in [-0.2, -0.15) is 5.26 Å². The van der Waals surface area contributed by atoms with Crippen molar-refractivity contribution in [3.8, 4) is 6.07 Å². The van der Waals surface area contributed by atoms with Gasteiger partial charge in [0.2, 0.25) is 0 Å². The second kappa shape index (κ2) is 11.8. The van der Waals surface area contributed by atoms with Crippen molar-refractivity contribution < 1.29 is 33.2 Å². The fourth-order valence-electron chi connectivity index (χ4n) is 4.95. The highest BCUT2D eigenvalue weighted by Crippen LogP contribution is 2.33. The summed E-state index contributed by atoms with van der Waals surface area (Å²) in [5.74, 6) is -4.38. The van der Waals surface area contributed by atoms with Crippen LogP contribution in [0.5, 0.6) is 0 Å². The van der Waals surface area contributed by atoms with Crippen LogP contribution in [0, 0.1) is 11.3 Å². The van der Waals surface area contributed by atoms with Crippen LogP contribution in [0.25, 0.3) is 0 Å². The van der Waals surface area contributed by atoms with Gasteiger partial charge in [0.05, 0.1) is 19.0 Å². The van der Waals surface area contributed by atoms with Crippen LogP contribution in [0.2, 0.25) is 0 Å². The van der Waals surface area contributed by atoms with Gasteiger partial charge < -0.3 is 25.0 Å². The second-order valence-electron chi connectivity index (χ2n) is 10.9. The highest BCUT2D eigenvalue weighted by Gasteiger charge is 2.44. The summed E-state index contributed by atoms with van der Waals surface area (Å²) in [6.45, 7) is 5.12. The average Bonchev–Trinajstić information content (AvgIpc) is 3.22. The summed E-state index contributed by atoms with van der Waals surface area (Å²) in [5.41, 5.74) is -1.38. The van der Waals surface area contributed by atoms with E-state index in [4.69, 9.17) is 4.74 Å². The lowest BCUT2D eigenvalue weighted by atomic mass is 9.76. The maximum Gasteiger partial charge on any atom is 0.475 e. The molecule has 2 aliphatic rings. The van der Waals surface area contributed by atoms with Crippen molar-refractivity contribution >= 4 is 19.1 Å². The first kappa shape index (κ1) is 29.5. The minimum atomic E-state index is -2.80. The van der Waals surface area contributed by atoms with Gasteiger partial charge in [0.25, 0.3) is 11.8 Å². The highest BCUT2D eigenvalue weighted by atomic mass is 19.3. The Kier molecular flexibility index (Phi) is 9.18. The lowest BCUT2D eigenvalue weighted by Gasteiger charge is -2.40. The minimum Gasteiger partial charge on any atom is -0.441 e. The standard InChI is InChI=1S/C26H35BF2N4O5/c1-24(2,33-13-11-26(28,29)18-33)15-20(16-30)22(34)32-12-7-10-25(3,17-32)38-23(35)31-21(27(36)37)14-19-8-5-4-6-9-19/h4-6,8-9,15,21,36-37H,7,10-14,17-18H2,1-3H3,(H,31,35)/t21?,25-/m0/s1. The molecule has 0 radical (unpaired) electrons. The van der Waals surface area contributed by atoms with E-state index in [-0.39, 0.29) is 31.5 Å². The lowest BCUT2D eigenvalue weighted by molar-refractivity contribution is -0.133. The maximum absolute atomic E-state index is 13.7. The van der Waals surface area contributed by atoms with Crippen molar-refractivity contribution in [2.75, 3.05) is 26.2 Å². The molecule has 3 N–H and O–H groups in total. The van der Waals surface area contributed by atoms with E-state index < -0.39 is 48.7 Å².